The summed E-state index contributed by atoms with van der Waals surface area (Å²) in [6.07, 6.45) is 2.32. The minimum atomic E-state index is -0.511. The smallest absolute Gasteiger partial charge is 0.410 e. The van der Waals surface area contributed by atoms with Crippen LogP contribution in [0.5, 0.6) is 0 Å². The van der Waals surface area contributed by atoms with E-state index in [4.69, 9.17) is 9.47 Å². The molecule has 1 fully saturated rings. The third-order valence-electron chi connectivity index (χ3n) is 3.52. The molecule has 6 heteroatoms. The lowest BCUT2D eigenvalue weighted by atomic mass is 9.97. The Kier molecular flexibility index (Phi) is 7.82. The molecule has 0 aromatic heterocycles. The van der Waals surface area contributed by atoms with Crippen LogP contribution in [0.15, 0.2) is 0 Å². The number of rotatable bonds is 6. The van der Waals surface area contributed by atoms with Crippen LogP contribution < -0.4 is 5.32 Å². The van der Waals surface area contributed by atoms with Gasteiger partial charge in [0.1, 0.15) is 5.60 Å². The van der Waals surface area contributed by atoms with Crippen molar-refractivity contribution in [1.82, 2.24) is 10.2 Å². The fraction of sp³-hybridized carbons (Fsp3) is 0.882. The third kappa shape index (κ3) is 8.21. The predicted octanol–water partition coefficient (Wildman–Crippen LogP) is 2.56. The maximum atomic E-state index is 12.2. The van der Waals surface area contributed by atoms with Crippen LogP contribution >= 0.6 is 0 Å². The van der Waals surface area contributed by atoms with Gasteiger partial charge >= 0.3 is 6.09 Å². The van der Waals surface area contributed by atoms with E-state index >= 15 is 0 Å². The van der Waals surface area contributed by atoms with Gasteiger partial charge in [0, 0.05) is 26.2 Å². The summed E-state index contributed by atoms with van der Waals surface area (Å²) in [5.74, 6) is -0.134. The van der Waals surface area contributed by atoms with Crippen molar-refractivity contribution in [3.8, 4) is 0 Å². The SMILES string of the molecule is CC(C)OCCCNC(=O)[C@@H]1CCCN(C(=O)OC(C)(C)C)C1. The van der Waals surface area contributed by atoms with Gasteiger partial charge in [-0.25, -0.2) is 4.79 Å². The van der Waals surface area contributed by atoms with E-state index in [9.17, 15) is 9.59 Å². The molecule has 23 heavy (non-hydrogen) atoms. The minimum absolute atomic E-state index is 0.0165. The van der Waals surface area contributed by atoms with Gasteiger partial charge in [-0.05, 0) is 53.9 Å². The molecule has 0 spiro atoms. The first-order valence-electron chi connectivity index (χ1n) is 8.56. The second-order valence-corrected chi connectivity index (χ2v) is 7.33. The molecule has 1 aliphatic rings. The highest BCUT2D eigenvalue weighted by Crippen LogP contribution is 2.19. The zero-order chi connectivity index (χ0) is 17.5. The predicted molar refractivity (Wildman–Crippen MR) is 89.2 cm³/mol. The van der Waals surface area contributed by atoms with Crippen molar-refractivity contribution in [3.63, 3.8) is 0 Å². The lowest BCUT2D eigenvalue weighted by Crippen LogP contribution is -2.47. The molecule has 1 heterocycles. The van der Waals surface area contributed by atoms with Gasteiger partial charge < -0.3 is 19.7 Å². The minimum Gasteiger partial charge on any atom is -0.444 e. The molecular formula is C17H32N2O4. The van der Waals surface area contributed by atoms with E-state index in [-0.39, 0.29) is 24.0 Å². The first-order chi connectivity index (χ1) is 10.7. The molecule has 1 atom stereocenters. The number of ether oxygens (including phenoxy) is 2. The van der Waals surface area contributed by atoms with E-state index in [1.54, 1.807) is 4.90 Å². The Morgan fingerprint density at radius 2 is 2.00 bits per heavy atom. The lowest BCUT2D eigenvalue weighted by molar-refractivity contribution is -0.126. The van der Waals surface area contributed by atoms with E-state index in [0.29, 0.717) is 26.2 Å². The molecule has 1 aliphatic heterocycles. The van der Waals surface area contributed by atoms with Crippen LogP contribution in [0.25, 0.3) is 0 Å². The first kappa shape index (κ1) is 19.7. The largest absolute Gasteiger partial charge is 0.444 e. The van der Waals surface area contributed by atoms with Crippen molar-refractivity contribution in [2.45, 2.75) is 65.6 Å². The molecule has 6 nitrogen and oxygen atoms in total. The highest BCUT2D eigenvalue weighted by Gasteiger charge is 2.30. The molecule has 1 rings (SSSR count). The Hall–Kier alpha value is -1.30. The number of hydrogen-bond acceptors (Lipinski definition) is 4. The van der Waals surface area contributed by atoms with Crippen LogP contribution in [-0.2, 0) is 14.3 Å². The standard InChI is InChI=1S/C17H32N2O4/c1-13(2)22-11-7-9-18-15(20)14-8-6-10-19(12-14)16(21)23-17(3,4)5/h13-14H,6-12H2,1-5H3,(H,18,20)/t14-/m1/s1. The van der Waals surface area contributed by atoms with Gasteiger partial charge in [-0.15, -0.1) is 0 Å². The second-order valence-electron chi connectivity index (χ2n) is 7.33. The monoisotopic (exact) mass is 328 g/mol. The summed E-state index contributed by atoms with van der Waals surface area (Å²) in [6.45, 7) is 11.9. The van der Waals surface area contributed by atoms with Crippen molar-refractivity contribution in [1.29, 1.82) is 0 Å². The molecule has 0 unspecified atom stereocenters. The fourth-order valence-corrected chi connectivity index (χ4v) is 2.43. The van der Waals surface area contributed by atoms with Gasteiger partial charge in [0.05, 0.1) is 12.0 Å². The zero-order valence-corrected chi connectivity index (χ0v) is 15.2. The van der Waals surface area contributed by atoms with E-state index in [1.807, 2.05) is 34.6 Å². The Morgan fingerprint density at radius 1 is 1.30 bits per heavy atom. The van der Waals surface area contributed by atoms with Crippen LogP contribution in [0, 0.1) is 5.92 Å². The Morgan fingerprint density at radius 3 is 2.61 bits per heavy atom. The highest BCUT2D eigenvalue weighted by atomic mass is 16.6. The molecule has 134 valence electrons. The van der Waals surface area contributed by atoms with Crippen LogP contribution in [-0.4, -0.2) is 54.8 Å². The van der Waals surface area contributed by atoms with Crippen molar-refractivity contribution in [2.75, 3.05) is 26.2 Å². The van der Waals surface area contributed by atoms with Gasteiger partial charge in [0.15, 0.2) is 0 Å². The molecule has 0 radical (unpaired) electrons. The molecule has 0 aromatic carbocycles. The average Bonchev–Trinajstić information content (AvgIpc) is 2.44. The number of carbonyl (C=O) groups excluding carboxylic acids is 2. The van der Waals surface area contributed by atoms with Crippen molar-refractivity contribution >= 4 is 12.0 Å². The highest BCUT2D eigenvalue weighted by molar-refractivity contribution is 5.80. The van der Waals surface area contributed by atoms with Crippen molar-refractivity contribution in [3.05, 3.63) is 0 Å². The topological polar surface area (TPSA) is 67.9 Å². The van der Waals surface area contributed by atoms with E-state index < -0.39 is 5.60 Å². The number of amides is 2. The lowest BCUT2D eigenvalue weighted by Gasteiger charge is -2.33. The van der Waals surface area contributed by atoms with E-state index in [1.165, 1.54) is 0 Å². The van der Waals surface area contributed by atoms with Gasteiger partial charge in [0.2, 0.25) is 5.91 Å². The van der Waals surface area contributed by atoms with Crippen LogP contribution in [0.2, 0.25) is 0 Å². The summed E-state index contributed by atoms with van der Waals surface area (Å²) in [5.41, 5.74) is -0.511. The van der Waals surface area contributed by atoms with Gasteiger partial charge in [-0.3, -0.25) is 4.79 Å². The Balaban J connectivity index is 2.33. The molecule has 0 aliphatic carbocycles. The number of likely N-dealkylation sites (tertiary alicyclic amines) is 1. The van der Waals surface area contributed by atoms with Crippen LogP contribution in [0.1, 0.15) is 53.9 Å². The number of hydrogen-bond donors (Lipinski definition) is 1. The van der Waals surface area contributed by atoms with Gasteiger partial charge in [0.25, 0.3) is 0 Å². The summed E-state index contributed by atoms with van der Waals surface area (Å²) in [5, 5.41) is 2.94. The quantitative estimate of drug-likeness (QED) is 0.761. The summed E-state index contributed by atoms with van der Waals surface area (Å²) in [7, 11) is 0. The zero-order valence-electron chi connectivity index (χ0n) is 15.2. The van der Waals surface area contributed by atoms with Crippen LogP contribution in [0.3, 0.4) is 0 Å². The summed E-state index contributed by atoms with van der Waals surface area (Å²) in [6, 6.07) is 0. The summed E-state index contributed by atoms with van der Waals surface area (Å²) in [4.78, 5) is 26.0. The summed E-state index contributed by atoms with van der Waals surface area (Å²) >= 11 is 0. The first-order valence-corrected chi connectivity index (χ1v) is 8.56. The van der Waals surface area contributed by atoms with Gasteiger partial charge in [-0.1, -0.05) is 0 Å². The number of piperidine rings is 1. The van der Waals surface area contributed by atoms with Crippen molar-refractivity contribution in [2.24, 2.45) is 5.92 Å². The molecule has 1 saturated heterocycles. The average molecular weight is 328 g/mol. The molecule has 0 aromatic rings. The number of carbonyl (C=O) groups is 2. The second kappa shape index (κ2) is 9.11. The van der Waals surface area contributed by atoms with Gasteiger partial charge in [-0.2, -0.15) is 0 Å². The molecule has 1 N–H and O–H groups in total. The number of nitrogens with one attached hydrogen (secondary N) is 1. The number of nitrogens with zero attached hydrogens (tertiary/aromatic N) is 1. The Bertz CT molecular complexity index is 391. The summed E-state index contributed by atoms with van der Waals surface area (Å²) < 4.78 is 10.8. The third-order valence-corrected chi connectivity index (χ3v) is 3.52. The Labute approximate surface area is 139 Å². The maximum absolute atomic E-state index is 12.2. The van der Waals surface area contributed by atoms with E-state index in [2.05, 4.69) is 5.32 Å². The molecular weight excluding hydrogens is 296 g/mol. The van der Waals surface area contributed by atoms with Crippen molar-refractivity contribution < 1.29 is 19.1 Å². The van der Waals surface area contributed by atoms with Crippen LogP contribution in [0.4, 0.5) is 4.79 Å². The van der Waals surface area contributed by atoms with E-state index in [0.717, 1.165) is 19.3 Å². The fourth-order valence-electron chi connectivity index (χ4n) is 2.43. The molecule has 2 amide bonds. The maximum Gasteiger partial charge on any atom is 0.410 e. The molecule has 0 bridgehead atoms. The normalized spacial score (nSPS) is 18.9. The molecule has 0 saturated carbocycles.